The van der Waals surface area contributed by atoms with Gasteiger partial charge in [-0.2, -0.15) is 0 Å². The third-order valence-electron chi connectivity index (χ3n) is 3.70. The number of nitrogens with zero attached hydrogens (tertiary/aromatic N) is 4. The zero-order valence-corrected chi connectivity index (χ0v) is 14.0. The molecule has 1 N–H and O–H groups in total. The number of halogens is 2. The average molecular weight is 369 g/mol. The number of amides is 1. The van der Waals surface area contributed by atoms with E-state index in [1.807, 2.05) is 6.07 Å². The molecule has 1 saturated carbocycles. The lowest BCUT2D eigenvalue weighted by Gasteiger charge is -2.22. The molecule has 1 aromatic heterocycles. The molecular weight excluding hydrogens is 355 g/mol. The van der Waals surface area contributed by atoms with Crippen LogP contribution >= 0.6 is 23.2 Å². The maximum Gasteiger partial charge on any atom is 0.358 e. The summed E-state index contributed by atoms with van der Waals surface area (Å²) >= 11 is 11.9. The fraction of sp³-hybridized carbons (Fsp3) is 0.333. The van der Waals surface area contributed by atoms with E-state index in [-0.39, 0.29) is 24.2 Å². The van der Waals surface area contributed by atoms with Crippen LogP contribution in [0, 0.1) is 0 Å². The monoisotopic (exact) mass is 368 g/mol. The summed E-state index contributed by atoms with van der Waals surface area (Å²) < 4.78 is 1.23. The van der Waals surface area contributed by atoms with Gasteiger partial charge >= 0.3 is 5.97 Å². The minimum Gasteiger partial charge on any atom is -0.476 e. The number of carbonyl (C=O) groups excluding carboxylic acids is 1. The van der Waals surface area contributed by atoms with Gasteiger partial charge in [-0.05, 0) is 30.5 Å². The number of rotatable bonds is 6. The summed E-state index contributed by atoms with van der Waals surface area (Å²) in [6, 6.07) is 5.46. The van der Waals surface area contributed by atoms with Crippen molar-refractivity contribution >= 4 is 35.1 Å². The highest BCUT2D eigenvalue weighted by atomic mass is 35.5. The van der Waals surface area contributed by atoms with Crippen molar-refractivity contribution in [1.29, 1.82) is 0 Å². The number of aromatic carboxylic acids is 1. The van der Waals surface area contributed by atoms with Crippen molar-refractivity contribution in [2.24, 2.45) is 0 Å². The Kier molecular flexibility index (Phi) is 4.73. The van der Waals surface area contributed by atoms with E-state index in [0.29, 0.717) is 16.6 Å². The van der Waals surface area contributed by atoms with E-state index in [1.165, 1.54) is 10.9 Å². The van der Waals surface area contributed by atoms with Crippen LogP contribution in [0.3, 0.4) is 0 Å². The molecule has 0 atom stereocenters. The van der Waals surface area contributed by atoms with Gasteiger partial charge < -0.3 is 10.0 Å². The van der Waals surface area contributed by atoms with Crippen LogP contribution in [0.25, 0.3) is 0 Å². The van der Waals surface area contributed by atoms with Gasteiger partial charge in [0.1, 0.15) is 6.54 Å². The summed E-state index contributed by atoms with van der Waals surface area (Å²) in [5.41, 5.74) is 0.694. The summed E-state index contributed by atoms with van der Waals surface area (Å²) in [4.78, 5) is 25.1. The van der Waals surface area contributed by atoms with Crippen LogP contribution in [0.15, 0.2) is 24.4 Å². The van der Waals surface area contributed by atoms with E-state index < -0.39 is 5.97 Å². The summed E-state index contributed by atoms with van der Waals surface area (Å²) in [5, 5.41) is 16.9. The lowest BCUT2D eigenvalue weighted by atomic mass is 10.2. The second-order valence-electron chi connectivity index (χ2n) is 5.61. The summed E-state index contributed by atoms with van der Waals surface area (Å²) in [7, 11) is 0. The zero-order chi connectivity index (χ0) is 17.3. The van der Waals surface area contributed by atoms with Gasteiger partial charge in [0.15, 0.2) is 5.69 Å². The molecule has 0 unspecified atom stereocenters. The SMILES string of the molecule is O=C(O)c1cn(CC(=O)N(Cc2ccc(Cl)c(Cl)c2)C2CC2)nn1. The fourth-order valence-electron chi connectivity index (χ4n) is 2.34. The Hall–Kier alpha value is -2.12. The number of carboxylic acid groups (broad SMARTS) is 1. The van der Waals surface area contributed by atoms with Gasteiger partial charge in [0.2, 0.25) is 5.91 Å². The predicted octanol–water partition coefficient (Wildman–Crippen LogP) is 2.47. The molecule has 9 heteroatoms. The van der Waals surface area contributed by atoms with Crippen LogP contribution in [0.5, 0.6) is 0 Å². The average Bonchev–Trinajstić information content (AvgIpc) is 3.26. The molecule has 0 saturated heterocycles. The molecule has 1 fully saturated rings. The molecule has 1 heterocycles. The Morgan fingerprint density at radius 3 is 2.62 bits per heavy atom. The Morgan fingerprint density at radius 1 is 1.29 bits per heavy atom. The topological polar surface area (TPSA) is 88.3 Å². The Balaban J connectivity index is 1.71. The molecule has 2 aromatic rings. The van der Waals surface area contributed by atoms with Gasteiger partial charge in [-0.25, -0.2) is 9.48 Å². The third-order valence-corrected chi connectivity index (χ3v) is 4.44. The second kappa shape index (κ2) is 6.78. The van der Waals surface area contributed by atoms with Crippen LogP contribution in [0.1, 0.15) is 28.9 Å². The maximum absolute atomic E-state index is 12.6. The second-order valence-corrected chi connectivity index (χ2v) is 6.42. The highest BCUT2D eigenvalue weighted by molar-refractivity contribution is 6.42. The number of hydrogen-bond donors (Lipinski definition) is 1. The molecule has 126 valence electrons. The smallest absolute Gasteiger partial charge is 0.358 e. The van der Waals surface area contributed by atoms with Crippen LogP contribution in [-0.2, 0) is 17.9 Å². The summed E-state index contributed by atoms with van der Waals surface area (Å²) in [6.45, 7) is 0.360. The molecule has 7 nitrogen and oxygen atoms in total. The van der Waals surface area contributed by atoms with Gasteiger partial charge in [0.25, 0.3) is 0 Å². The standard InChI is InChI=1S/C15H14Cl2N4O3/c16-11-4-1-9(5-12(11)17)6-21(10-2-3-10)14(22)8-20-7-13(15(23)24)18-19-20/h1,4-5,7,10H,2-3,6,8H2,(H,23,24). The predicted molar refractivity (Wildman–Crippen MR) is 87.0 cm³/mol. The van der Waals surface area contributed by atoms with Crippen molar-refractivity contribution in [3.8, 4) is 0 Å². The number of carbonyl (C=O) groups is 2. The van der Waals surface area contributed by atoms with Crippen LogP contribution < -0.4 is 0 Å². The molecule has 1 amide bonds. The Labute approximate surface area is 147 Å². The number of carboxylic acids is 1. The Bertz CT molecular complexity index is 789. The lowest BCUT2D eigenvalue weighted by molar-refractivity contribution is -0.133. The minimum atomic E-state index is -1.18. The molecule has 1 aromatic carbocycles. The normalized spacial score (nSPS) is 13.8. The van der Waals surface area contributed by atoms with Crippen molar-refractivity contribution < 1.29 is 14.7 Å². The minimum absolute atomic E-state index is 0.0574. The van der Waals surface area contributed by atoms with Gasteiger partial charge in [-0.15, -0.1) is 5.10 Å². The number of benzene rings is 1. The van der Waals surface area contributed by atoms with Gasteiger partial charge in [-0.1, -0.05) is 34.5 Å². The molecule has 24 heavy (non-hydrogen) atoms. The molecule has 3 rings (SSSR count). The molecule has 0 spiro atoms. The first-order valence-corrected chi connectivity index (χ1v) is 8.06. The molecule has 0 aliphatic heterocycles. The van der Waals surface area contributed by atoms with Gasteiger partial charge in [0, 0.05) is 12.6 Å². The maximum atomic E-state index is 12.6. The van der Waals surface area contributed by atoms with E-state index in [9.17, 15) is 9.59 Å². The first-order valence-electron chi connectivity index (χ1n) is 7.31. The molecular formula is C15H14Cl2N4O3. The van der Waals surface area contributed by atoms with Crippen LogP contribution in [0.2, 0.25) is 10.0 Å². The largest absolute Gasteiger partial charge is 0.476 e. The Morgan fingerprint density at radius 2 is 2.04 bits per heavy atom. The van der Waals surface area contributed by atoms with Crippen LogP contribution in [0.4, 0.5) is 0 Å². The summed E-state index contributed by atoms with van der Waals surface area (Å²) in [5.74, 6) is -1.33. The van der Waals surface area contributed by atoms with Crippen molar-refractivity contribution in [3.05, 3.63) is 45.7 Å². The first-order chi connectivity index (χ1) is 11.4. The first kappa shape index (κ1) is 16.7. The van der Waals surface area contributed by atoms with E-state index >= 15 is 0 Å². The lowest BCUT2D eigenvalue weighted by Crippen LogP contribution is -2.35. The van der Waals surface area contributed by atoms with Crippen molar-refractivity contribution in [3.63, 3.8) is 0 Å². The number of hydrogen-bond acceptors (Lipinski definition) is 4. The number of aromatic nitrogens is 3. The summed E-state index contributed by atoms with van der Waals surface area (Å²) in [6.07, 6.45) is 3.14. The van der Waals surface area contributed by atoms with E-state index in [1.54, 1.807) is 17.0 Å². The van der Waals surface area contributed by atoms with E-state index in [0.717, 1.165) is 18.4 Å². The third kappa shape index (κ3) is 3.85. The molecule has 1 aliphatic rings. The van der Waals surface area contributed by atoms with E-state index in [2.05, 4.69) is 10.3 Å². The van der Waals surface area contributed by atoms with Crippen molar-refractivity contribution in [1.82, 2.24) is 19.9 Å². The van der Waals surface area contributed by atoms with Crippen molar-refractivity contribution in [2.75, 3.05) is 0 Å². The van der Waals surface area contributed by atoms with E-state index in [4.69, 9.17) is 28.3 Å². The molecule has 1 aliphatic carbocycles. The molecule has 0 bridgehead atoms. The highest BCUT2D eigenvalue weighted by Gasteiger charge is 2.32. The van der Waals surface area contributed by atoms with Crippen LogP contribution in [-0.4, -0.2) is 42.9 Å². The van der Waals surface area contributed by atoms with Gasteiger partial charge in [0.05, 0.1) is 16.2 Å². The fourth-order valence-corrected chi connectivity index (χ4v) is 2.67. The highest BCUT2D eigenvalue weighted by Crippen LogP contribution is 2.30. The van der Waals surface area contributed by atoms with Crippen molar-refractivity contribution in [2.45, 2.75) is 32.0 Å². The van der Waals surface area contributed by atoms with Gasteiger partial charge in [-0.3, -0.25) is 4.79 Å². The quantitative estimate of drug-likeness (QED) is 0.845. The zero-order valence-electron chi connectivity index (χ0n) is 12.5. The molecule has 0 radical (unpaired) electrons.